The Morgan fingerprint density at radius 3 is 2.65 bits per heavy atom. The first-order chi connectivity index (χ1) is 9.43. The van der Waals surface area contributed by atoms with Crippen molar-refractivity contribution < 1.29 is 19.4 Å². The lowest BCUT2D eigenvalue weighted by Crippen LogP contribution is -2.40. The summed E-state index contributed by atoms with van der Waals surface area (Å²) in [5.74, 6) is -0.468. The maximum Gasteiger partial charge on any atom is 0.305 e. The van der Waals surface area contributed by atoms with Crippen LogP contribution in [0.2, 0.25) is 0 Å². The molecule has 1 atom stereocenters. The molecule has 20 heavy (non-hydrogen) atoms. The second-order valence-electron chi connectivity index (χ2n) is 4.73. The lowest BCUT2D eigenvalue weighted by Gasteiger charge is -2.23. The van der Waals surface area contributed by atoms with Crippen LogP contribution in [0.1, 0.15) is 25.3 Å². The fourth-order valence-electron chi connectivity index (χ4n) is 1.78. The summed E-state index contributed by atoms with van der Waals surface area (Å²) < 4.78 is 5.70. The predicted molar refractivity (Wildman–Crippen MR) is 75.8 cm³/mol. The summed E-state index contributed by atoms with van der Waals surface area (Å²) in [6.07, 6.45) is -0.122. The van der Waals surface area contributed by atoms with E-state index in [1.165, 1.54) is 4.90 Å². The molecule has 0 aliphatic heterocycles. The van der Waals surface area contributed by atoms with Crippen LogP contribution in [-0.4, -0.2) is 41.6 Å². The van der Waals surface area contributed by atoms with Crippen LogP contribution < -0.4 is 4.74 Å². The van der Waals surface area contributed by atoms with E-state index in [0.29, 0.717) is 12.2 Å². The third-order valence-corrected chi connectivity index (χ3v) is 2.95. The van der Waals surface area contributed by atoms with Crippen LogP contribution in [0.15, 0.2) is 24.3 Å². The Balaban J connectivity index is 2.65. The Hall–Kier alpha value is -2.04. The maximum atomic E-state index is 12.2. The zero-order chi connectivity index (χ0) is 15.1. The van der Waals surface area contributed by atoms with E-state index in [1.807, 2.05) is 32.0 Å². The van der Waals surface area contributed by atoms with E-state index in [9.17, 15) is 9.59 Å². The Morgan fingerprint density at radius 2 is 2.10 bits per heavy atom. The molecule has 1 amide bonds. The zero-order valence-electron chi connectivity index (χ0n) is 12.1. The van der Waals surface area contributed by atoms with Crippen molar-refractivity contribution in [2.75, 3.05) is 13.6 Å². The number of hydrogen-bond acceptors (Lipinski definition) is 3. The molecule has 1 aromatic rings. The summed E-state index contributed by atoms with van der Waals surface area (Å²) >= 11 is 0. The van der Waals surface area contributed by atoms with Crippen LogP contribution in [-0.2, 0) is 9.59 Å². The SMILES string of the molecule is CCC(Oc1cccc(C)c1)C(=O)N(C)CCC(=O)O. The van der Waals surface area contributed by atoms with Gasteiger partial charge in [-0.25, -0.2) is 0 Å². The van der Waals surface area contributed by atoms with Gasteiger partial charge in [-0.05, 0) is 31.0 Å². The summed E-state index contributed by atoms with van der Waals surface area (Å²) in [6.45, 7) is 4.00. The first-order valence-corrected chi connectivity index (χ1v) is 6.64. The molecular weight excluding hydrogens is 258 g/mol. The lowest BCUT2D eigenvalue weighted by atomic mass is 10.2. The van der Waals surface area contributed by atoms with Crippen LogP contribution in [0.25, 0.3) is 0 Å². The first-order valence-electron chi connectivity index (χ1n) is 6.64. The maximum absolute atomic E-state index is 12.2. The van der Waals surface area contributed by atoms with Crippen molar-refractivity contribution in [1.29, 1.82) is 0 Å². The molecule has 0 heterocycles. The van der Waals surface area contributed by atoms with Gasteiger partial charge in [0.25, 0.3) is 5.91 Å². The second-order valence-corrected chi connectivity index (χ2v) is 4.73. The van der Waals surface area contributed by atoms with Crippen LogP contribution >= 0.6 is 0 Å². The van der Waals surface area contributed by atoms with Gasteiger partial charge >= 0.3 is 5.97 Å². The summed E-state index contributed by atoms with van der Waals surface area (Å²) in [5, 5.41) is 8.64. The molecule has 5 heteroatoms. The van der Waals surface area contributed by atoms with Crippen molar-refractivity contribution in [2.45, 2.75) is 32.8 Å². The Morgan fingerprint density at radius 1 is 1.40 bits per heavy atom. The number of aliphatic carboxylic acids is 1. The molecule has 1 rings (SSSR count). The highest BCUT2D eigenvalue weighted by Gasteiger charge is 2.22. The molecule has 5 nitrogen and oxygen atoms in total. The number of nitrogens with zero attached hydrogens (tertiary/aromatic N) is 1. The largest absolute Gasteiger partial charge is 0.481 e. The van der Waals surface area contributed by atoms with Crippen molar-refractivity contribution >= 4 is 11.9 Å². The molecule has 1 N–H and O–H groups in total. The number of hydrogen-bond donors (Lipinski definition) is 1. The van der Waals surface area contributed by atoms with Gasteiger partial charge in [0.15, 0.2) is 6.10 Å². The normalized spacial score (nSPS) is 11.8. The van der Waals surface area contributed by atoms with E-state index in [1.54, 1.807) is 13.1 Å². The molecule has 0 aliphatic rings. The van der Waals surface area contributed by atoms with E-state index in [4.69, 9.17) is 9.84 Å². The van der Waals surface area contributed by atoms with Gasteiger partial charge in [-0.15, -0.1) is 0 Å². The number of rotatable bonds is 7. The number of ether oxygens (including phenoxy) is 1. The molecule has 1 aromatic carbocycles. The number of carbonyl (C=O) groups excluding carboxylic acids is 1. The van der Waals surface area contributed by atoms with Crippen LogP contribution in [0.3, 0.4) is 0 Å². The molecular formula is C15H21NO4. The van der Waals surface area contributed by atoms with Crippen LogP contribution in [0.4, 0.5) is 0 Å². The smallest absolute Gasteiger partial charge is 0.305 e. The second kappa shape index (κ2) is 7.53. The average Bonchev–Trinajstić information content (AvgIpc) is 2.41. The van der Waals surface area contributed by atoms with Crippen molar-refractivity contribution in [2.24, 2.45) is 0 Å². The van der Waals surface area contributed by atoms with Crippen molar-refractivity contribution in [3.63, 3.8) is 0 Å². The van der Waals surface area contributed by atoms with Gasteiger partial charge in [0.2, 0.25) is 0 Å². The summed E-state index contributed by atoms with van der Waals surface area (Å²) in [7, 11) is 1.59. The number of carboxylic acids is 1. The van der Waals surface area contributed by atoms with Crippen molar-refractivity contribution in [1.82, 2.24) is 4.90 Å². The van der Waals surface area contributed by atoms with Gasteiger partial charge in [0, 0.05) is 13.6 Å². The highest BCUT2D eigenvalue weighted by molar-refractivity contribution is 5.81. The molecule has 0 saturated carbocycles. The van der Waals surface area contributed by atoms with Crippen LogP contribution in [0.5, 0.6) is 5.75 Å². The topological polar surface area (TPSA) is 66.8 Å². The van der Waals surface area contributed by atoms with Gasteiger partial charge in [-0.3, -0.25) is 9.59 Å². The molecule has 0 fully saturated rings. The molecule has 0 spiro atoms. The summed E-state index contributed by atoms with van der Waals surface area (Å²) in [5.41, 5.74) is 1.06. The van der Waals surface area contributed by atoms with Gasteiger partial charge in [0.05, 0.1) is 6.42 Å². The molecule has 0 bridgehead atoms. The molecule has 110 valence electrons. The van der Waals surface area contributed by atoms with Gasteiger partial charge in [-0.1, -0.05) is 19.1 Å². The minimum absolute atomic E-state index is 0.0663. The van der Waals surface area contributed by atoms with Gasteiger partial charge in [-0.2, -0.15) is 0 Å². The molecule has 0 saturated heterocycles. The summed E-state index contributed by atoms with van der Waals surface area (Å²) in [6, 6.07) is 7.50. The predicted octanol–water partition coefficient (Wildman–Crippen LogP) is 2.09. The fourth-order valence-corrected chi connectivity index (χ4v) is 1.78. The van der Waals surface area contributed by atoms with E-state index in [0.717, 1.165) is 5.56 Å². The van der Waals surface area contributed by atoms with Gasteiger partial charge in [0.1, 0.15) is 5.75 Å². The highest BCUT2D eigenvalue weighted by atomic mass is 16.5. The Bertz CT molecular complexity index is 473. The quantitative estimate of drug-likeness (QED) is 0.830. The number of likely N-dealkylation sites (N-methyl/N-ethyl adjacent to an activating group) is 1. The fraction of sp³-hybridized carbons (Fsp3) is 0.467. The van der Waals surface area contributed by atoms with E-state index < -0.39 is 12.1 Å². The Kier molecular flexibility index (Phi) is 6.03. The zero-order valence-corrected chi connectivity index (χ0v) is 12.1. The van der Waals surface area contributed by atoms with E-state index in [2.05, 4.69) is 0 Å². The molecule has 1 unspecified atom stereocenters. The lowest BCUT2D eigenvalue weighted by molar-refractivity contribution is -0.140. The van der Waals surface area contributed by atoms with E-state index >= 15 is 0 Å². The Labute approximate surface area is 119 Å². The standard InChI is InChI=1S/C15H21NO4/c1-4-13(15(19)16(3)9-8-14(17)18)20-12-7-5-6-11(2)10-12/h5-7,10,13H,4,8-9H2,1-3H3,(H,17,18). The average molecular weight is 279 g/mol. The minimum atomic E-state index is -0.919. The highest BCUT2D eigenvalue weighted by Crippen LogP contribution is 2.16. The summed E-state index contributed by atoms with van der Waals surface area (Å²) in [4.78, 5) is 24.1. The molecule has 0 aromatic heterocycles. The minimum Gasteiger partial charge on any atom is -0.481 e. The number of benzene rings is 1. The first kappa shape index (κ1) is 16.0. The number of amides is 1. The van der Waals surface area contributed by atoms with Gasteiger partial charge < -0.3 is 14.7 Å². The third-order valence-electron chi connectivity index (χ3n) is 2.95. The van der Waals surface area contributed by atoms with Crippen LogP contribution in [0, 0.1) is 6.92 Å². The monoisotopic (exact) mass is 279 g/mol. The third kappa shape index (κ3) is 4.91. The van der Waals surface area contributed by atoms with E-state index in [-0.39, 0.29) is 18.9 Å². The molecule has 0 aliphatic carbocycles. The molecule has 0 radical (unpaired) electrons. The van der Waals surface area contributed by atoms with Crippen molar-refractivity contribution in [3.05, 3.63) is 29.8 Å². The number of carboxylic acid groups (broad SMARTS) is 1. The number of aryl methyl sites for hydroxylation is 1. The number of carbonyl (C=O) groups is 2. The van der Waals surface area contributed by atoms with Crippen molar-refractivity contribution in [3.8, 4) is 5.75 Å².